The second kappa shape index (κ2) is 6.88. The number of hydrogen-bond donors (Lipinski definition) is 2. The minimum Gasteiger partial charge on any atom is -0.444 e. The number of fused-ring (bicyclic) bond motifs is 1. The smallest absolute Gasteiger partial charge is 0.444 e. The SMILES string of the molecule is CC1OCCC2C1OCN2C(=O)OCc1ccc(B(O)O)cc1. The first-order valence-corrected chi connectivity index (χ1v) is 7.68. The van der Waals surface area contributed by atoms with Crippen molar-refractivity contribution in [3.63, 3.8) is 0 Å². The van der Waals surface area contributed by atoms with Gasteiger partial charge in [-0.2, -0.15) is 0 Å². The van der Waals surface area contributed by atoms with Crippen molar-refractivity contribution in [2.24, 2.45) is 0 Å². The largest absolute Gasteiger partial charge is 0.488 e. The monoisotopic (exact) mass is 321 g/mol. The zero-order chi connectivity index (χ0) is 16.4. The van der Waals surface area contributed by atoms with E-state index < -0.39 is 13.2 Å². The number of carbonyl (C=O) groups is 1. The van der Waals surface area contributed by atoms with Gasteiger partial charge < -0.3 is 24.3 Å². The fourth-order valence-corrected chi connectivity index (χ4v) is 2.99. The number of nitrogens with zero attached hydrogens (tertiary/aromatic N) is 1. The van der Waals surface area contributed by atoms with Crippen LogP contribution in [0.4, 0.5) is 4.79 Å². The third-order valence-corrected chi connectivity index (χ3v) is 4.32. The van der Waals surface area contributed by atoms with Crippen molar-refractivity contribution in [1.29, 1.82) is 0 Å². The minimum atomic E-state index is -1.50. The van der Waals surface area contributed by atoms with Gasteiger partial charge >= 0.3 is 13.2 Å². The number of amides is 1. The molecule has 1 aromatic rings. The summed E-state index contributed by atoms with van der Waals surface area (Å²) in [6.07, 6.45) is 0.219. The van der Waals surface area contributed by atoms with E-state index in [1.54, 1.807) is 29.2 Å². The van der Waals surface area contributed by atoms with Gasteiger partial charge in [0, 0.05) is 6.61 Å². The third-order valence-electron chi connectivity index (χ3n) is 4.32. The molecule has 0 spiro atoms. The zero-order valence-corrected chi connectivity index (χ0v) is 12.9. The van der Waals surface area contributed by atoms with Crippen molar-refractivity contribution >= 4 is 18.7 Å². The zero-order valence-electron chi connectivity index (χ0n) is 12.9. The first-order valence-electron chi connectivity index (χ1n) is 7.68. The Hall–Kier alpha value is -1.61. The van der Waals surface area contributed by atoms with E-state index in [9.17, 15) is 4.79 Å². The summed E-state index contributed by atoms with van der Waals surface area (Å²) in [4.78, 5) is 13.9. The molecule has 3 atom stereocenters. The molecule has 2 heterocycles. The summed E-state index contributed by atoms with van der Waals surface area (Å²) in [5.74, 6) is 0. The van der Waals surface area contributed by atoms with Crippen molar-refractivity contribution in [3.8, 4) is 0 Å². The van der Waals surface area contributed by atoms with Gasteiger partial charge in [-0.05, 0) is 24.4 Å². The molecule has 0 radical (unpaired) electrons. The fourth-order valence-electron chi connectivity index (χ4n) is 2.99. The van der Waals surface area contributed by atoms with Gasteiger partial charge in [-0.15, -0.1) is 0 Å². The number of rotatable bonds is 3. The van der Waals surface area contributed by atoms with E-state index in [1.165, 1.54) is 0 Å². The summed E-state index contributed by atoms with van der Waals surface area (Å²) in [6, 6.07) is 6.56. The maximum atomic E-state index is 12.3. The molecule has 2 saturated heterocycles. The topological polar surface area (TPSA) is 88.5 Å². The van der Waals surface area contributed by atoms with Crippen LogP contribution in [-0.2, 0) is 20.8 Å². The molecule has 1 aromatic carbocycles. The summed E-state index contributed by atoms with van der Waals surface area (Å²) in [5, 5.41) is 18.1. The van der Waals surface area contributed by atoms with E-state index >= 15 is 0 Å². The van der Waals surface area contributed by atoms with E-state index in [-0.39, 0.29) is 31.6 Å². The Morgan fingerprint density at radius 3 is 2.78 bits per heavy atom. The molecular formula is C15H20BNO6. The molecule has 23 heavy (non-hydrogen) atoms. The Balaban J connectivity index is 1.55. The molecule has 3 rings (SSSR count). The van der Waals surface area contributed by atoms with Gasteiger partial charge in [0.05, 0.1) is 12.1 Å². The second-order valence-corrected chi connectivity index (χ2v) is 5.83. The molecule has 2 aliphatic rings. The summed E-state index contributed by atoms with van der Waals surface area (Å²) in [6.45, 7) is 2.90. The Kier molecular flexibility index (Phi) is 4.86. The minimum absolute atomic E-state index is 0.00170. The van der Waals surface area contributed by atoms with Crippen LogP contribution in [0.15, 0.2) is 24.3 Å². The Morgan fingerprint density at radius 2 is 2.09 bits per heavy atom. The molecule has 2 N–H and O–H groups in total. The Labute approximate surface area is 134 Å². The van der Waals surface area contributed by atoms with Crippen LogP contribution in [0, 0.1) is 0 Å². The Morgan fingerprint density at radius 1 is 1.35 bits per heavy atom. The van der Waals surface area contributed by atoms with E-state index in [2.05, 4.69) is 0 Å². The van der Waals surface area contributed by atoms with Gasteiger partial charge in [0.2, 0.25) is 0 Å². The standard InChI is InChI=1S/C15H20BNO6/c1-10-14-13(6-7-21-10)17(9-23-14)15(18)22-8-11-2-4-12(5-3-11)16(19)20/h2-5,10,13-14,19-20H,6-9H2,1H3. The van der Waals surface area contributed by atoms with Crippen molar-refractivity contribution in [1.82, 2.24) is 4.90 Å². The van der Waals surface area contributed by atoms with Crippen molar-refractivity contribution in [2.45, 2.75) is 38.2 Å². The van der Waals surface area contributed by atoms with E-state index in [0.29, 0.717) is 12.1 Å². The maximum absolute atomic E-state index is 12.3. The highest BCUT2D eigenvalue weighted by atomic mass is 16.6. The first kappa shape index (κ1) is 16.3. The highest BCUT2D eigenvalue weighted by Gasteiger charge is 2.44. The molecule has 1 amide bonds. The second-order valence-electron chi connectivity index (χ2n) is 5.83. The summed E-state index contributed by atoms with van der Waals surface area (Å²) >= 11 is 0. The number of benzene rings is 1. The lowest BCUT2D eigenvalue weighted by molar-refractivity contribution is -0.0732. The Bertz CT molecular complexity index is 551. The number of hydrogen-bond acceptors (Lipinski definition) is 6. The quantitative estimate of drug-likeness (QED) is 0.752. The van der Waals surface area contributed by atoms with Gasteiger partial charge in [0.15, 0.2) is 0 Å². The fraction of sp³-hybridized carbons (Fsp3) is 0.533. The van der Waals surface area contributed by atoms with Crippen molar-refractivity contribution < 1.29 is 29.1 Å². The van der Waals surface area contributed by atoms with Crippen LogP contribution in [0.3, 0.4) is 0 Å². The molecular weight excluding hydrogens is 301 g/mol. The van der Waals surface area contributed by atoms with E-state index in [4.69, 9.17) is 24.3 Å². The van der Waals surface area contributed by atoms with Crippen LogP contribution in [0.5, 0.6) is 0 Å². The highest BCUT2D eigenvalue weighted by molar-refractivity contribution is 6.58. The third kappa shape index (κ3) is 3.50. The molecule has 8 heteroatoms. The van der Waals surface area contributed by atoms with Gasteiger partial charge in [0.25, 0.3) is 0 Å². The normalized spacial score (nSPS) is 26.7. The predicted octanol–water partition coefficient (Wildman–Crippen LogP) is -0.161. The van der Waals surface area contributed by atoms with E-state index in [0.717, 1.165) is 12.0 Å². The molecule has 7 nitrogen and oxygen atoms in total. The van der Waals surface area contributed by atoms with Gasteiger partial charge in [-0.25, -0.2) is 4.79 Å². The molecule has 0 saturated carbocycles. The molecule has 2 fully saturated rings. The lowest BCUT2D eigenvalue weighted by Crippen LogP contribution is -2.47. The lowest BCUT2D eigenvalue weighted by atomic mass is 9.80. The first-order chi connectivity index (χ1) is 11.1. The average molecular weight is 321 g/mol. The highest BCUT2D eigenvalue weighted by Crippen LogP contribution is 2.28. The van der Waals surface area contributed by atoms with Crippen LogP contribution in [0.1, 0.15) is 18.9 Å². The molecule has 0 aromatic heterocycles. The van der Waals surface area contributed by atoms with Crippen LogP contribution in [0.25, 0.3) is 0 Å². The van der Waals surface area contributed by atoms with Crippen LogP contribution < -0.4 is 5.46 Å². The number of carbonyl (C=O) groups excluding carboxylic acids is 1. The predicted molar refractivity (Wildman–Crippen MR) is 81.9 cm³/mol. The lowest BCUT2D eigenvalue weighted by Gasteiger charge is -2.32. The summed E-state index contributed by atoms with van der Waals surface area (Å²) in [7, 11) is -1.50. The van der Waals surface area contributed by atoms with Gasteiger partial charge in [-0.1, -0.05) is 24.3 Å². The van der Waals surface area contributed by atoms with Gasteiger partial charge in [0.1, 0.15) is 19.4 Å². The van der Waals surface area contributed by atoms with Crippen molar-refractivity contribution in [3.05, 3.63) is 29.8 Å². The molecule has 3 unspecified atom stereocenters. The maximum Gasteiger partial charge on any atom is 0.488 e. The van der Waals surface area contributed by atoms with Gasteiger partial charge in [-0.3, -0.25) is 4.90 Å². The van der Waals surface area contributed by atoms with Crippen LogP contribution in [-0.4, -0.2) is 59.7 Å². The molecule has 124 valence electrons. The number of ether oxygens (including phenoxy) is 3. The van der Waals surface area contributed by atoms with Crippen molar-refractivity contribution in [2.75, 3.05) is 13.3 Å². The molecule has 0 bridgehead atoms. The summed E-state index contributed by atoms with van der Waals surface area (Å²) in [5.41, 5.74) is 1.17. The average Bonchev–Trinajstić information content (AvgIpc) is 2.98. The molecule has 0 aliphatic carbocycles. The summed E-state index contributed by atoms with van der Waals surface area (Å²) < 4.78 is 16.5. The van der Waals surface area contributed by atoms with E-state index in [1.807, 2.05) is 6.92 Å². The van der Waals surface area contributed by atoms with Crippen LogP contribution in [0.2, 0.25) is 0 Å². The van der Waals surface area contributed by atoms with Crippen LogP contribution >= 0.6 is 0 Å². The molecule has 2 aliphatic heterocycles.